The predicted octanol–water partition coefficient (Wildman–Crippen LogP) is 1.37. The number of hydrogen-bond donors (Lipinski definition) is 3. The molecule has 0 spiro atoms. The zero-order valence-corrected chi connectivity index (χ0v) is 15.5. The minimum Gasteiger partial charge on any atom is -0.389 e. The molecular formula is C19H33N3O3. The van der Waals surface area contributed by atoms with Crippen molar-refractivity contribution in [1.82, 2.24) is 15.5 Å². The van der Waals surface area contributed by atoms with E-state index in [1.165, 1.54) is 0 Å². The molecule has 0 bridgehead atoms. The van der Waals surface area contributed by atoms with Gasteiger partial charge in [-0.1, -0.05) is 31.2 Å². The summed E-state index contributed by atoms with van der Waals surface area (Å²) in [5.74, 6) is 0.101. The highest BCUT2D eigenvalue weighted by Gasteiger charge is 2.13. The molecule has 0 aromatic carbocycles. The number of carbonyl (C=O) groups excluding carboxylic acids is 2. The van der Waals surface area contributed by atoms with E-state index in [1.807, 2.05) is 30.1 Å². The highest BCUT2D eigenvalue weighted by molar-refractivity contribution is 5.76. The van der Waals surface area contributed by atoms with Crippen LogP contribution in [-0.4, -0.2) is 60.1 Å². The van der Waals surface area contributed by atoms with E-state index in [-0.39, 0.29) is 17.9 Å². The van der Waals surface area contributed by atoms with E-state index < -0.39 is 6.10 Å². The van der Waals surface area contributed by atoms with Gasteiger partial charge < -0.3 is 20.6 Å². The molecule has 2 unspecified atom stereocenters. The first kappa shape index (κ1) is 21.4. The minimum absolute atomic E-state index is 0.00773. The van der Waals surface area contributed by atoms with Crippen LogP contribution in [0.5, 0.6) is 0 Å². The van der Waals surface area contributed by atoms with Crippen molar-refractivity contribution in [3.8, 4) is 0 Å². The molecule has 0 aromatic heterocycles. The molecule has 1 rings (SSSR count). The summed E-state index contributed by atoms with van der Waals surface area (Å²) in [5.41, 5.74) is 0. The topological polar surface area (TPSA) is 81.7 Å². The zero-order valence-electron chi connectivity index (χ0n) is 15.5. The molecule has 6 heteroatoms. The van der Waals surface area contributed by atoms with Crippen molar-refractivity contribution in [1.29, 1.82) is 0 Å². The maximum absolute atomic E-state index is 12.1. The lowest BCUT2D eigenvalue weighted by Crippen LogP contribution is -2.35. The second-order valence-electron chi connectivity index (χ2n) is 6.43. The molecule has 1 saturated heterocycles. The molecule has 3 N–H and O–H groups in total. The summed E-state index contributed by atoms with van der Waals surface area (Å²) >= 11 is 0. The molecule has 0 saturated carbocycles. The Balaban J connectivity index is 2.57. The van der Waals surface area contributed by atoms with Crippen molar-refractivity contribution in [2.24, 2.45) is 0 Å². The van der Waals surface area contributed by atoms with Gasteiger partial charge in [0.1, 0.15) is 0 Å². The van der Waals surface area contributed by atoms with Gasteiger partial charge in [-0.2, -0.15) is 0 Å². The maximum atomic E-state index is 12.1. The fourth-order valence-corrected chi connectivity index (χ4v) is 2.65. The number of rotatable bonds is 4. The average molecular weight is 351 g/mol. The number of allylic oxidation sites excluding steroid dienone is 2. The van der Waals surface area contributed by atoms with E-state index in [4.69, 9.17) is 0 Å². The third-order valence-corrected chi connectivity index (χ3v) is 4.25. The van der Waals surface area contributed by atoms with Crippen LogP contribution in [-0.2, 0) is 9.59 Å². The highest BCUT2D eigenvalue weighted by atomic mass is 16.3. The van der Waals surface area contributed by atoms with E-state index in [0.717, 1.165) is 32.4 Å². The van der Waals surface area contributed by atoms with E-state index in [2.05, 4.69) is 10.6 Å². The van der Waals surface area contributed by atoms with Crippen molar-refractivity contribution in [2.75, 3.05) is 26.2 Å². The molecule has 0 aliphatic carbocycles. The summed E-state index contributed by atoms with van der Waals surface area (Å²) < 4.78 is 0. The molecule has 1 aliphatic heterocycles. The molecule has 0 radical (unpaired) electrons. The summed E-state index contributed by atoms with van der Waals surface area (Å²) in [6.07, 6.45) is 10.7. The van der Waals surface area contributed by atoms with Crippen LogP contribution < -0.4 is 10.6 Å². The van der Waals surface area contributed by atoms with Crippen LogP contribution in [0.3, 0.4) is 0 Å². The fraction of sp³-hybridized carbons (Fsp3) is 0.684. The van der Waals surface area contributed by atoms with Crippen LogP contribution >= 0.6 is 0 Å². The van der Waals surface area contributed by atoms with Crippen molar-refractivity contribution in [3.63, 3.8) is 0 Å². The van der Waals surface area contributed by atoms with E-state index in [1.54, 1.807) is 13.0 Å². The molecule has 1 aliphatic rings. The summed E-state index contributed by atoms with van der Waals surface area (Å²) in [6, 6.07) is -0.0342. The van der Waals surface area contributed by atoms with Gasteiger partial charge in [0.25, 0.3) is 0 Å². The Morgan fingerprint density at radius 3 is 2.76 bits per heavy atom. The third kappa shape index (κ3) is 10.0. The van der Waals surface area contributed by atoms with E-state index in [0.29, 0.717) is 25.9 Å². The van der Waals surface area contributed by atoms with Gasteiger partial charge >= 0.3 is 0 Å². The molecule has 2 atom stereocenters. The Bertz CT molecular complexity index is 463. The van der Waals surface area contributed by atoms with Crippen LogP contribution in [0.25, 0.3) is 0 Å². The molecule has 25 heavy (non-hydrogen) atoms. The second-order valence-corrected chi connectivity index (χ2v) is 6.43. The monoisotopic (exact) mass is 351 g/mol. The fourth-order valence-electron chi connectivity index (χ4n) is 2.65. The van der Waals surface area contributed by atoms with Crippen molar-refractivity contribution >= 4 is 11.8 Å². The van der Waals surface area contributed by atoms with Gasteiger partial charge in [-0.25, -0.2) is 0 Å². The number of amides is 2. The van der Waals surface area contributed by atoms with Crippen molar-refractivity contribution in [2.45, 2.75) is 58.1 Å². The third-order valence-electron chi connectivity index (χ3n) is 4.25. The van der Waals surface area contributed by atoms with E-state index in [9.17, 15) is 14.7 Å². The predicted molar refractivity (Wildman–Crippen MR) is 100 cm³/mol. The van der Waals surface area contributed by atoms with Gasteiger partial charge in [0.2, 0.25) is 11.8 Å². The molecule has 1 fully saturated rings. The SMILES string of the molecule is CCC(O)C=CC=CC1CC(=O)NCCCN(C(C)=O)CCCCN1. The average Bonchev–Trinajstić information content (AvgIpc) is 2.60. The lowest BCUT2D eigenvalue weighted by molar-refractivity contribution is -0.129. The quantitative estimate of drug-likeness (QED) is 0.668. The Labute approximate surface area is 151 Å². The normalized spacial score (nSPS) is 22.9. The molecule has 2 amide bonds. The van der Waals surface area contributed by atoms with Gasteiger partial charge in [-0.15, -0.1) is 0 Å². The molecular weight excluding hydrogens is 318 g/mol. The van der Waals surface area contributed by atoms with E-state index >= 15 is 0 Å². The Hall–Kier alpha value is -1.66. The Morgan fingerprint density at radius 1 is 1.28 bits per heavy atom. The van der Waals surface area contributed by atoms with Gasteiger partial charge in [0, 0.05) is 39.0 Å². The van der Waals surface area contributed by atoms with Crippen LogP contribution in [0.2, 0.25) is 0 Å². The number of aliphatic hydroxyl groups is 1. The first-order chi connectivity index (χ1) is 12.0. The van der Waals surface area contributed by atoms with Gasteiger partial charge in [0.15, 0.2) is 0 Å². The molecule has 142 valence electrons. The summed E-state index contributed by atoms with van der Waals surface area (Å²) in [7, 11) is 0. The van der Waals surface area contributed by atoms with Gasteiger partial charge in [-0.05, 0) is 32.2 Å². The Kier molecular flexibility index (Phi) is 10.8. The second kappa shape index (κ2) is 12.7. The van der Waals surface area contributed by atoms with Crippen molar-refractivity contribution < 1.29 is 14.7 Å². The van der Waals surface area contributed by atoms with Crippen molar-refractivity contribution in [3.05, 3.63) is 24.3 Å². The Morgan fingerprint density at radius 2 is 2.04 bits per heavy atom. The number of carbonyl (C=O) groups is 2. The number of nitrogens with one attached hydrogen (secondary N) is 2. The van der Waals surface area contributed by atoms with Crippen LogP contribution in [0.1, 0.15) is 46.0 Å². The number of aliphatic hydroxyl groups excluding tert-OH is 1. The van der Waals surface area contributed by atoms with Crippen LogP contribution in [0, 0.1) is 0 Å². The van der Waals surface area contributed by atoms with Gasteiger partial charge in [0.05, 0.1) is 6.10 Å². The highest BCUT2D eigenvalue weighted by Crippen LogP contribution is 2.02. The number of hydrogen-bond acceptors (Lipinski definition) is 4. The smallest absolute Gasteiger partial charge is 0.221 e. The summed E-state index contributed by atoms with van der Waals surface area (Å²) in [5, 5.41) is 15.8. The summed E-state index contributed by atoms with van der Waals surface area (Å²) in [4.78, 5) is 25.5. The largest absolute Gasteiger partial charge is 0.389 e. The molecule has 0 aromatic rings. The first-order valence-corrected chi connectivity index (χ1v) is 9.31. The lowest BCUT2D eigenvalue weighted by Gasteiger charge is -2.20. The van der Waals surface area contributed by atoms with Gasteiger partial charge in [-0.3, -0.25) is 9.59 Å². The molecule has 6 nitrogen and oxygen atoms in total. The van der Waals surface area contributed by atoms with Crippen LogP contribution in [0.15, 0.2) is 24.3 Å². The molecule has 1 heterocycles. The standard InChI is InChI=1S/C19H33N3O3/c1-3-18(24)10-5-4-9-17-15-19(25)21-12-8-14-22(16(2)23)13-7-6-11-20-17/h4-5,9-10,17-18,20,24H,3,6-8,11-15H2,1-2H3,(H,21,25). The lowest BCUT2D eigenvalue weighted by atomic mass is 10.1. The summed E-state index contributed by atoms with van der Waals surface area (Å²) in [6.45, 7) is 6.36. The van der Waals surface area contributed by atoms with Crippen LogP contribution in [0.4, 0.5) is 0 Å². The number of nitrogens with zero attached hydrogens (tertiary/aromatic N) is 1. The zero-order chi connectivity index (χ0) is 18.5. The first-order valence-electron chi connectivity index (χ1n) is 9.31. The maximum Gasteiger partial charge on any atom is 0.221 e. The minimum atomic E-state index is -0.426.